The quantitative estimate of drug-likeness (QED) is 0.792. The van der Waals surface area contributed by atoms with Crippen LogP contribution in [0.2, 0.25) is 0 Å². The summed E-state index contributed by atoms with van der Waals surface area (Å²) >= 11 is 0. The lowest BCUT2D eigenvalue weighted by Crippen LogP contribution is -2.38. The molecular formula is C21H28ClN3O. The second-order valence-electron chi connectivity index (χ2n) is 6.70. The molecule has 1 amide bonds. The number of carbonyl (C=O) groups is 1. The van der Waals surface area contributed by atoms with Gasteiger partial charge in [0.2, 0.25) is 0 Å². The molecule has 0 aliphatic carbocycles. The zero-order chi connectivity index (χ0) is 17.5. The predicted molar refractivity (Wildman–Crippen MR) is 111 cm³/mol. The van der Waals surface area contributed by atoms with Crippen LogP contribution in [0.3, 0.4) is 0 Å². The standard InChI is InChI=1S/C21H27N3O.ClH/c1-22-13-10-17-11-14-24(15-12-17)21(25)18-6-5-9-20(16-18)23-19-7-3-2-4-8-19;/h2-9,16-17,22-23H,10-15H2,1H3;1H. The minimum atomic E-state index is 0. The van der Waals surface area contributed by atoms with E-state index in [0.717, 1.165) is 55.3 Å². The second kappa shape index (κ2) is 10.2. The van der Waals surface area contributed by atoms with E-state index in [1.54, 1.807) is 0 Å². The van der Waals surface area contributed by atoms with E-state index in [2.05, 4.69) is 10.6 Å². The van der Waals surface area contributed by atoms with Gasteiger partial charge in [0.25, 0.3) is 5.91 Å². The number of likely N-dealkylation sites (tertiary alicyclic amines) is 1. The van der Waals surface area contributed by atoms with Crippen LogP contribution in [0.1, 0.15) is 29.6 Å². The molecule has 1 aliphatic heterocycles. The summed E-state index contributed by atoms with van der Waals surface area (Å²) in [6, 6.07) is 17.8. The number of carbonyl (C=O) groups excluding carboxylic acids is 1. The van der Waals surface area contributed by atoms with Crippen LogP contribution in [0.4, 0.5) is 11.4 Å². The van der Waals surface area contributed by atoms with E-state index in [0.29, 0.717) is 0 Å². The highest BCUT2D eigenvalue weighted by Crippen LogP contribution is 2.23. The Morgan fingerprint density at radius 1 is 1.04 bits per heavy atom. The molecule has 0 aromatic heterocycles. The van der Waals surface area contributed by atoms with Gasteiger partial charge in [-0.2, -0.15) is 0 Å². The zero-order valence-electron chi connectivity index (χ0n) is 15.3. The molecule has 5 heteroatoms. The van der Waals surface area contributed by atoms with Crippen LogP contribution < -0.4 is 10.6 Å². The average Bonchev–Trinajstić information content (AvgIpc) is 2.67. The Morgan fingerprint density at radius 2 is 1.73 bits per heavy atom. The molecule has 1 heterocycles. The SMILES string of the molecule is CNCCC1CCN(C(=O)c2cccc(Nc3ccccc3)c2)CC1.Cl. The van der Waals surface area contributed by atoms with E-state index < -0.39 is 0 Å². The molecule has 3 rings (SSSR count). The summed E-state index contributed by atoms with van der Waals surface area (Å²) in [5.74, 6) is 0.881. The molecule has 0 saturated carbocycles. The predicted octanol–water partition coefficient (Wildman–Crippen LogP) is 4.31. The first-order chi connectivity index (χ1) is 12.3. The molecule has 0 radical (unpaired) electrons. The molecule has 1 fully saturated rings. The lowest BCUT2D eigenvalue weighted by molar-refractivity contribution is 0.0687. The fraction of sp³-hybridized carbons (Fsp3) is 0.381. The number of halogens is 1. The van der Waals surface area contributed by atoms with Crippen molar-refractivity contribution in [2.75, 3.05) is 32.0 Å². The largest absolute Gasteiger partial charge is 0.356 e. The average molecular weight is 374 g/mol. The van der Waals surface area contributed by atoms with E-state index in [4.69, 9.17) is 0 Å². The number of nitrogens with one attached hydrogen (secondary N) is 2. The van der Waals surface area contributed by atoms with E-state index in [1.807, 2.05) is 66.5 Å². The van der Waals surface area contributed by atoms with Crippen molar-refractivity contribution in [3.63, 3.8) is 0 Å². The minimum Gasteiger partial charge on any atom is -0.356 e. The van der Waals surface area contributed by atoms with Gasteiger partial charge in [-0.05, 0) is 69.1 Å². The Balaban J connectivity index is 0.00000243. The van der Waals surface area contributed by atoms with Gasteiger partial charge in [0, 0.05) is 30.0 Å². The summed E-state index contributed by atoms with van der Waals surface area (Å²) in [7, 11) is 2.00. The van der Waals surface area contributed by atoms with Gasteiger partial charge in [-0.1, -0.05) is 24.3 Å². The van der Waals surface area contributed by atoms with Gasteiger partial charge in [-0.3, -0.25) is 4.79 Å². The minimum absolute atomic E-state index is 0. The summed E-state index contributed by atoms with van der Waals surface area (Å²) in [6.45, 7) is 2.79. The Kier molecular flexibility index (Phi) is 7.95. The van der Waals surface area contributed by atoms with Crippen molar-refractivity contribution in [2.24, 2.45) is 5.92 Å². The highest BCUT2D eigenvalue weighted by atomic mass is 35.5. The lowest BCUT2D eigenvalue weighted by Gasteiger charge is -2.32. The van der Waals surface area contributed by atoms with Crippen LogP contribution in [-0.4, -0.2) is 37.5 Å². The van der Waals surface area contributed by atoms with Gasteiger partial charge in [0.15, 0.2) is 0 Å². The molecule has 26 heavy (non-hydrogen) atoms. The van der Waals surface area contributed by atoms with Gasteiger partial charge in [-0.25, -0.2) is 0 Å². The molecule has 0 bridgehead atoms. The maximum atomic E-state index is 12.8. The van der Waals surface area contributed by atoms with Gasteiger partial charge >= 0.3 is 0 Å². The molecule has 2 aromatic rings. The van der Waals surface area contributed by atoms with Crippen LogP contribution in [-0.2, 0) is 0 Å². The van der Waals surface area contributed by atoms with Crippen molar-refractivity contribution < 1.29 is 4.79 Å². The first kappa shape index (κ1) is 20.3. The second-order valence-corrected chi connectivity index (χ2v) is 6.70. The molecule has 0 unspecified atom stereocenters. The number of rotatable bonds is 6. The highest BCUT2D eigenvalue weighted by molar-refractivity contribution is 5.95. The topological polar surface area (TPSA) is 44.4 Å². The lowest BCUT2D eigenvalue weighted by atomic mass is 9.93. The van der Waals surface area contributed by atoms with Crippen LogP contribution in [0.15, 0.2) is 54.6 Å². The van der Waals surface area contributed by atoms with Crippen molar-refractivity contribution in [2.45, 2.75) is 19.3 Å². The molecule has 0 atom stereocenters. The van der Waals surface area contributed by atoms with Crippen LogP contribution in [0, 0.1) is 5.92 Å². The summed E-state index contributed by atoms with van der Waals surface area (Å²) < 4.78 is 0. The summed E-state index contributed by atoms with van der Waals surface area (Å²) in [5.41, 5.74) is 2.73. The van der Waals surface area contributed by atoms with Gasteiger partial charge in [-0.15, -0.1) is 12.4 Å². The summed E-state index contributed by atoms with van der Waals surface area (Å²) in [5, 5.41) is 6.57. The third-order valence-corrected chi connectivity index (χ3v) is 4.88. The number of para-hydroxylation sites is 1. The fourth-order valence-corrected chi connectivity index (χ4v) is 3.37. The van der Waals surface area contributed by atoms with Crippen LogP contribution in [0.25, 0.3) is 0 Å². The normalized spacial score (nSPS) is 14.6. The van der Waals surface area contributed by atoms with Crippen molar-refractivity contribution in [3.8, 4) is 0 Å². The van der Waals surface area contributed by atoms with Gasteiger partial charge in [0.1, 0.15) is 0 Å². The Bertz CT molecular complexity index is 685. The highest BCUT2D eigenvalue weighted by Gasteiger charge is 2.23. The fourth-order valence-electron chi connectivity index (χ4n) is 3.37. The van der Waals surface area contributed by atoms with E-state index >= 15 is 0 Å². The number of amides is 1. The number of nitrogens with zero attached hydrogens (tertiary/aromatic N) is 1. The maximum Gasteiger partial charge on any atom is 0.253 e. The van der Waals surface area contributed by atoms with Crippen molar-refractivity contribution >= 4 is 29.7 Å². The van der Waals surface area contributed by atoms with Crippen molar-refractivity contribution in [3.05, 3.63) is 60.2 Å². The molecule has 2 aromatic carbocycles. The van der Waals surface area contributed by atoms with Crippen molar-refractivity contribution in [1.82, 2.24) is 10.2 Å². The molecule has 1 aliphatic rings. The number of piperidine rings is 1. The molecule has 2 N–H and O–H groups in total. The zero-order valence-corrected chi connectivity index (χ0v) is 16.1. The Hall–Kier alpha value is -2.04. The number of hydrogen-bond acceptors (Lipinski definition) is 3. The third kappa shape index (κ3) is 5.48. The molecule has 0 spiro atoms. The molecule has 1 saturated heterocycles. The smallest absolute Gasteiger partial charge is 0.253 e. The Labute approximate surface area is 162 Å². The van der Waals surface area contributed by atoms with E-state index in [1.165, 1.54) is 6.42 Å². The van der Waals surface area contributed by atoms with E-state index in [-0.39, 0.29) is 18.3 Å². The Morgan fingerprint density at radius 3 is 2.42 bits per heavy atom. The van der Waals surface area contributed by atoms with Gasteiger partial charge < -0.3 is 15.5 Å². The monoisotopic (exact) mass is 373 g/mol. The van der Waals surface area contributed by atoms with Crippen LogP contribution in [0.5, 0.6) is 0 Å². The number of anilines is 2. The van der Waals surface area contributed by atoms with Crippen LogP contribution >= 0.6 is 12.4 Å². The molecule has 140 valence electrons. The van der Waals surface area contributed by atoms with Crippen molar-refractivity contribution in [1.29, 1.82) is 0 Å². The molecule has 4 nitrogen and oxygen atoms in total. The molecular weight excluding hydrogens is 346 g/mol. The maximum absolute atomic E-state index is 12.8. The third-order valence-electron chi connectivity index (χ3n) is 4.88. The van der Waals surface area contributed by atoms with E-state index in [9.17, 15) is 4.79 Å². The van der Waals surface area contributed by atoms with Gasteiger partial charge in [0.05, 0.1) is 0 Å². The first-order valence-corrected chi connectivity index (χ1v) is 9.12. The number of hydrogen-bond donors (Lipinski definition) is 2. The summed E-state index contributed by atoms with van der Waals surface area (Å²) in [6.07, 6.45) is 3.42. The first-order valence-electron chi connectivity index (χ1n) is 9.12. The summed E-state index contributed by atoms with van der Waals surface area (Å²) in [4.78, 5) is 14.8. The number of benzene rings is 2.